The highest BCUT2D eigenvalue weighted by atomic mass is 16.4. The van der Waals surface area contributed by atoms with Crippen molar-refractivity contribution in [3.63, 3.8) is 0 Å². The Balaban J connectivity index is 2.26. The van der Waals surface area contributed by atoms with Gasteiger partial charge in [-0.25, -0.2) is 0 Å². The summed E-state index contributed by atoms with van der Waals surface area (Å²) in [5.74, 6) is -0.747. The first kappa shape index (κ1) is 15.4. The van der Waals surface area contributed by atoms with Crippen LogP contribution in [0.2, 0.25) is 0 Å². The molecule has 0 aromatic rings. The maximum atomic E-state index is 11.0. The summed E-state index contributed by atoms with van der Waals surface area (Å²) in [6.07, 6.45) is 3.21. The number of hydrogen-bond acceptors (Lipinski definition) is 4. The normalized spacial score (nSPS) is 22.6. The molecular formula is C13H27N3O2. The van der Waals surface area contributed by atoms with Gasteiger partial charge in [0.05, 0.1) is 0 Å². The Bertz CT molecular complexity index is 261. The van der Waals surface area contributed by atoms with Crippen LogP contribution in [0.3, 0.4) is 0 Å². The highest BCUT2D eigenvalue weighted by Gasteiger charge is 2.23. The fourth-order valence-corrected chi connectivity index (χ4v) is 2.57. The summed E-state index contributed by atoms with van der Waals surface area (Å²) in [6.45, 7) is 5.69. The summed E-state index contributed by atoms with van der Waals surface area (Å²) < 4.78 is 0. The van der Waals surface area contributed by atoms with E-state index in [0.717, 1.165) is 13.1 Å². The number of carboxylic acids is 1. The molecule has 2 N–H and O–H groups in total. The highest BCUT2D eigenvalue weighted by Crippen LogP contribution is 2.15. The SMILES string of the molecule is CCNC(CCN(C)CC1CCCN1C)C(=O)O. The van der Waals surface area contributed by atoms with Crippen LogP contribution >= 0.6 is 0 Å². The van der Waals surface area contributed by atoms with E-state index in [2.05, 4.69) is 29.2 Å². The molecule has 2 atom stereocenters. The third-order valence-corrected chi connectivity index (χ3v) is 3.74. The standard InChI is InChI=1S/C13H27N3O2/c1-4-14-12(13(17)18)7-9-15(2)10-11-6-5-8-16(11)3/h11-12,14H,4-10H2,1-3H3,(H,17,18). The molecule has 0 aromatic carbocycles. The molecule has 1 fully saturated rings. The number of rotatable bonds is 8. The van der Waals surface area contributed by atoms with Gasteiger partial charge in [-0.3, -0.25) is 4.79 Å². The predicted octanol–water partition coefficient (Wildman–Crippen LogP) is 0.465. The van der Waals surface area contributed by atoms with Crippen LogP contribution in [0.25, 0.3) is 0 Å². The van der Waals surface area contributed by atoms with Crippen LogP contribution in [0, 0.1) is 0 Å². The Morgan fingerprint density at radius 1 is 1.61 bits per heavy atom. The average molecular weight is 257 g/mol. The van der Waals surface area contributed by atoms with Crippen LogP contribution in [-0.4, -0.2) is 73.2 Å². The summed E-state index contributed by atoms with van der Waals surface area (Å²) >= 11 is 0. The zero-order valence-electron chi connectivity index (χ0n) is 11.9. The van der Waals surface area contributed by atoms with Crippen molar-refractivity contribution in [2.24, 2.45) is 0 Å². The summed E-state index contributed by atoms with van der Waals surface area (Å²) in [5, 5.41) is 12.1. The fourth-order valence-electron chi connectivity index (χ4n) is 2.57. The number of likely N-dealkylation sites (N-methyl/N-ethyl adjacent to an activating group) is 3. The molecule has 106 valence electrons. The van der Waals surface area contributed by atoms with Crippen molar-refractivity contribution in [1.82, 2.24) is 15.1 Å². The van der Waals surface area contributed by atoms with Gasteiger partial charge in [-0.05, 0) is 53.0 Å². The number of hydrogen-bond donors (Lipinski definition) is 2. The number of aliphatic carboxylic acids is 1. The Morgan fingerprint density at radius 3 is 2.83 bits per heavy atom. The van der Waals surface area contributed by atoms with Gasteiger partial charge in [0.2, 0.25) is 0 Å². The maximum Gasteiger partial charge on any atom is 0.320 e. The van der Waals surface area contributed by atoms with E-state index >= 15 is 0 Å². The number of carbonyl (C=O) groups is 1. The average Bonchev–Trinajstić information content (AvgIpc) is 2.70. The van der Waals surface area contributed by atoms with Gasteiger partial charge in [0, 0.05) is 12.6 Å². The zero-order chi connectivity index (χ0) is 13.5. The molecule has 1 rings (SSSR count). The van der Waals surface area contributed by atoms with E-state index in [1.165, 1.54) is 19.4 Å². The molecule has 2 unspecified atom stereocenters. The van der Waals surface area contributed by atoms with Gasteiger partial charge in [0.25, 0.3) is 0 Å². The monoisotopic (exact) mass is 257 g/mol. The van der Waals surface area contributed by atoms with Gasteiger partial charge in [0.1, 0.15) is 6.04 Å². The second-order valence-corrected chi connectivity index (χ2v) is 5.28. The summed E-state index contributed by atoms with van der Waals surface area (Å²) in [4.78, 5) is 15.7. The van der Waals surface area contributed by atoms with Crippen LogP contribution in [0.5, 0.6) is 0 Å². The second-order valence-electron chi connectivity index (χ2n) is 5.28. The van der Waals surface area contributed by atoms with Gasteiger partial charge < -0.3 is 20.2 Å². The van der Waals surface area contributed by atoms with Crippen molar-refractivity contribution in [3.8, 4) is 0 Å². The minimum atomic E-state index is -0.747. The molecule has 5 nitrogen and oxygen atoms in total. The van der Waals surface area contributed by atoms with Crippen LogP contribution < -0.4 is 5.32 Å². The first-order valence-corrected chi connectivity index (χ1v) is 6.89. The Morgan fingerprint density at radius 2 is 2.33 bits per heavy atom. The molecule has 5 heteroatoms. The summed E-state index contributed by atoms with van der Waals surface area (Å²) in [7, 11) is 4.25. The third-order valence-electron chi connectivity index (χ3n) is 3.74. The lowest BCUT2D eigenvalue weighted by molar-refractivity contribution is -0.139. The van der Waals surface area contributed by atoms with E-state index in [4.69, 9.17) is 5.11 Å². The summed E-state index contributed by atoms with van der Waals surface area (Å²) in [5.41, 5.74) is 0. The largest absolute Gasteiger partial charge is 0.480 e. The van der Waals surface area contributed by atoms with Crippen molar-refractivity contribution in [3.05, 3.63) is 0 Å². The van der Waals surface area contributed by atoms with E-state index in [1.54, 1.807) is 0 Å². The van der Waals surface area contributed by atoms with Crippen LogP contribution in [-0.2, 0) is 4.79 Å². The molecule has 1 aliphatic heterocycles. The van der Waals surface area contributed by atoms with Gasteiger partial charge in [-0.15, -0.1) is 0 Å². The molecule has 0 radical (unpaired) electrons. The molecular weight excluding hydrogens is 230 g/mol. The van der Waals surface area contributed by atoms with Crippen LogP contribution in [0.4, 0.5) is 0 Å². The Labute approximate surface area is 110 Å². The third kappa shape index (κ3) is 4.92. The van der Waals surface area contributed by atoms with E-state index in [9.17, 15) is 4.79 Å². The van der Waals surface area contributed by atoms with Crippen molar-refractivity contribution >= 4 is 5.97 Å². The van der Waals surface area contributed by atoms with Crippen LogP contribution in [0.1, 0.15) is 26.2 Å². The molecule has 0 amide bonds. The lowest BCUT2D eigenvalue weighted by atomic mass is 10.1. The van der Waals surface area contributed by atoms with E-state index < -0.39 is 12.0 Å². The number of nitrogens with one attached hydrogen (secondary N) is 1. The molecule has 1 saturated heterocycles. The molecule has 1 heterocycles. The topological polar surface area (TPSA) is 55.8 Å². The molecule has 18 heavy (non-hydrogen) atoms. The first-order valence-electron chi connectivity index (χ1n) is 6.89. The molecule has 0 aliphatic carbocycles. The predicted molar refractivity (Wildman–Crippen MR) is 72.9 cm³/mol. The molecule has 0 saturated carbocycles. The van der Waals surface area contributed by atoms with E-state index in [0.29, 0.717) is 19.0 Å². The van der Waals surface area contributed by atoms with E-state index in [1.807, 2.05) is 6.92 Å². The minimum absolute atomic E-state index is 0.418. The van der Waals surface area contributed by atoms with Crippen LogP contribution in [0.15, 0.2) is 0 Å². The zero-order valence-corrected chi connectivity index (χ0v) is 11.9. The number of carboxylic acid groups (broad SMARTS) is 1. The lowest BCUT2D eigenvalue weighted by Crippen LogP contribution is -2.41. The minimum Gasteiger partial charge on any atom is -0.480 e. The Hall–Kier alpha value is -0.650. The van der Waals surface area contributed by atoms with E-state index in [-0.39, 0.29) is 0 Å². The number of nitrogens with zero attached hydrogens (tertiary/aromatic N) is 2. The molecule has 1 aliphatic rings. The summed E-state index contributed by atoms with van der Waals surface area (Å²) in [6, 6.07) is 0.219. The van der Waals surface area contributed by atoms with Crippen molar-refractivity contribution < 1.29 is 9.90 Å². The fraction of sp³-hybridized carbons (Fsp3) is 0.923. The Kier molecular flexibility index (Phi) is 6.60. The molecule has 0 aromatic heterocycles. The maximum absolute atomic E-state index is 11.0. The van der Waals surface area contributed by atoms with Gasteiger partial charge in [-0.1, -0.05) is 6.92 Å². The van der Waals surface area contributed by atoms with Crippen molar-refractivity contribution in [1.29, 1.82) is 0 Å². The quantitative estimate of drug-likeness (QED) is 0.662. The number of likely N-dealkylation sites (tertiary alicyclic amines) is 1. The lowest BCUT2D eigenvalue weighted by Gasteiger charge is -2.26. The van der Waals surface area contributed by atoms with Gasteiger partial charge in [-0.2, -0.15) is 0 Å². The smallest absolute Gasteiger partial charge is 0.320 e. The highest BCUT2D eigenvalue weighted by molar-refractivity contribution is 5.73. The molecule has 0 spiro atoms. The molecule has 0 bridgehead atoms. The van der Waals surface area contributed by atoms with Crippen molar-refractivity contribution in [2.45, 2.75) is 38.3 Å². The van der Waals surface area contributed by atoms with Crippen molar-refractivity contribution in [2.75, 3.05) is 40.3 Å². The van der Waals surface area contributed by atoms with Gasteiger partial charge >= 0.3 is 5.97 Å². The first-order chi connectivity index (χ1) is 8.54. The second kappa shape index (κ2) is 7.71. The van der Waals surface area contributed by atoms with Gasteiger partial charge in [0.15, 0.2) is 0 Å².